The standard InChI is InChI=1S/C7H14O4S/c1-4-11-5-7(8)6(2)12(3,9)10/h6H,4-5H2,1-3H3. The third-order valence-electron chi connectivity index (χ3n) is 1.54. The number of rotatable bonds is 5. The van der Waals surface area contributed by atoms with Gasteiger partial charge in [-0.05, 0) is 13.8 Å². The van der Waals surface area contributed by atoms with Crippen molar-refractivity contribution in [2.24, 2.45) is 0 Å². The molecule has 0 aromatic rings. The second kappa shape index (κ2) is 4.57. The molecule has 4 nitrogen and oxygen atoms in total. The van der Waals surface area contributed by atoms with Crippen molar-refractivity contribution < 1.29 is 17.9 Å². The topological polar surface area (TPSA) is 60.4 Å². The van der Waals surface area contributed by atoms with Crippen LogP contribution in [0.25, 0.3) is 0 Å². The van der Waals surface area contributed by atoms with E-state index in [1.807, 2.05) is 0 Å². The third kappa shape index (κ3) is 3.82. The molecule has 0 radical (unpaired) electrons. The first-order valence-electron chi connectivity index (χ1n) is 3.69. The van der Waals surface area contributed by atoms with Gasteiger partial charge in [-0.2, -0.15) is 0 Å². The average molecular weight is 194 g/mol. The van der Waals surface area contributed by atoms with Gasteiger partial charge in [0.25, 0.3) is 0 Å². The lowest BCUT2D eigenvalue weighted by atomic mass is 10.3. The highest BCUT2D eigenvalue weighted by Crippen LogP contribution is 1.99. The van der Waals surface area contributed by atoms with Crippen LogP contribution in [0.2, 0.25) is 0 Å². The number of sulfone groups is 1. The van der Waals surface area contributed by atoms with Crippen LogP contribution in [-0.2, 0) is 19.4 Å². The zero-order valence-corrected chi connectivity index (χ0v) is 8.35. The van der Waals surface area contributed by atoms with Crippen molar-refractivity contribution in [2.45, 2.75) is 19.1 Å². The molecule has 0 heterocycles. The Morgan fingerprint density at radius 3 is 2.33 bits per heavy atom. The largest absolute Gasteiger partial charge is 0.374 e. The van der Waals surface area contributed by atoms with E-state index in [9.17, 15) is 13.2 Å². The summed E-state index contributed by atoms with van der Waals surface area (Å²) in [6.45, 7) is 3.42. The monoisotopic (exact) mass is 194 g/mol. The molecule has 0 aliphatic rings. The predicted octanol–water partition coefficient (Wildman–Crippen LogP) is 0.0251. The summed E-state index contributed by atoms with van der Waals surface area (Å²) in [5, 5.41) is -0.955. The van der Waals surface area contributed by atoms with Gasteiger partial charge in [-0.3, -0.25) is 4.79 Å². The zero-order valence-electron chi connectivity index (χ0n) is 7.53. The molecule has 0 N–H and O–H groups in total. The molecule has 1 atom stereocenters. The van der Waals surface area contributed by atoms with Crippen LogP contribution in [0.3, 0.4) is 0 Å². The first kappa shape index (κ1) is 11.6. The van der Waals surface area contributed by atoms with E-state index in [4.69, 9.17) is 4.74 Å². The van der Waals surface area contributed by atoms with E-state index in [2.05, 4.69) is 0 Å². The minimum absolute atomic E-state index is 0.120. The maximum atomic E-state index is 11.0. The maximum absolute atomic E-state index is 11.0. The van der Waals surface area contributed by atoms with Crippen LogP contribution >= 0.6 is 0 Å². The lowest BCUT2D eigenvalue weighted by molar-refractivity contribution is -0.122. The summed E-state index contributed by atoms with van der Waals surface area (Å²) in [5.41, 5.74) is 0. The van der Waals surface area contributed by atoms with Gasteiger partial charge >= 0.3 is 0 Å². The van der Waals surface area contributed by atoms with Crippen LogP contribution in [0.5, 0.6) is 0 Å². The van der Waals surface area contributed by atoms with Crippen LogP contribution in [0, 0.1) is 0 Å². The predicted molar refractivity (Wildman–Crippen MR) is 45.8 cm³/mol. The fraction of sp³-hybridized carbons (Fsp3) is 0.857. The van der Waals surface area contributed by atoms with E-state index in [1.54, 1.807) is 6.92 Å². The fourth-order valence-electron chi connectivity index (χ4n) is 0.559. The Morgan fingerprint density at radius 1 is 1.50 bits per heavy atom. The van der Waals surface area contributed by atoms with Gasteiger partial charge in [-0.15, -0.1) is 0 Å². The van der Waals surface area contributed by atoms with Gasteiger partial charge in [0.1, 0.15) is 11.9 Å². The molecular weight excluding hydrogens is 180 g/mol. The van der Waals surface area contributed by atoms with Crippen molar-refractivity contribution >= 4 is 15.6 Å². The van der Waals surface area contributed by atoms with Crippen molar-refractivity contribution in [1.29, 1.82) is 0 Å². The highest BCUT2D eigenvalue weighted by atomic mass is 32.2. The average Bonchev–Trinajstić information content (AvgIpc) is 1.97. The Labute approximate surface area is 72.8 Å². The van der Waals surface area contributed by atoms with Crippen molar-refractivity contribution in [3.05, 3.63) is 0 Å². The van der Waals surface area contributed by atoms with Gasteiger partial charge in [-0.25, -0.2) is 8.42 Å². The minimum Gasteiger partial charge on any atom is -0.374 e. The van der Waals surface area contributed by atoms with Crippen LogP contribution in [0.1, 0.15) is 13.8 Å². The Bertz CT molecular complexity index is 242. The van der Waals surface area contributed by atoms with Gasteiger partial charge in [0.05, 0.1) is 0 Å². The minimum atomic E-state index is -3.26. The van der Waals surface area contributed by atoms with Crippen molar-refractivity contribution in [1.82, 2.24) is 0 Å². The highest BCUT2D eigenvalue weighted by molar-refractivity contribution is 7.92. The molecule has 0 bridgehead atoms. The van der Waals surface area contributed by atoms with E-state index < -0.39 is 15.1 Å². The smallest absolute Gasteiger partial charge is 0.176 e. The van der Waals surface area contributed by atoms with E-state index in [1.165, 1.54) is 6.92 Å². The molecule has 72 valence electrons. The molecule has 0 rings (SSSR count). The Kier molecular flexibility index (Phi) is 4.41. The SMILES string of the molecule is CCOCC(=O)C(C)S(C)(=O)=O. The molecule has 0 amide bonds. The summed E-state index contributed by atoms with van der Waals surface area (Å²) >= 11 is 0. The summed E-state index contributed by atoms with van der Waals surface area (Å²) in [4.78, 5) is 11.0. The first-order chi connectivity index (χ1) is 5.39. The molecule has 12 heavy (non-hydrogen) atoms. The van der Waals surface area contributed by atoms with E-state index >= 15 is 0 Å². The van der Waals surface area contributed by atoms with E-state index in [0.29, 0.717) is 6.61 Å². The molecule has 0 aliphatic carbocycles. The summed E-state index contributed by atoms with van der Waals surface area (Å²) in [7, 11) is -3.26. The normalized spacial score (nSPS) is 14.2. The summed E-state index contributed by atoms with van der Waals surface area (Å²) in [6.07, 6.45) is 1.04. The third-order valence-corrected chi connectivity index (χ3v) is 3.09. The van der Waals surface area contributed by atoms with Gasteiger partial charge in [0.2, 0.25) is 0 Å². The van der Waals surface area contributed by atoms with Crippen molar-refractivity contribution in [3.8, 4) is 0 Å². The molecule has 0 spiro atoms. The van der Waals surface area contributed by atoms with Crippen LogP contribution in [0.15, 0.2) is 0 Å². The van der Waals surface area contributed by atoms with Crippen molar-refractivity contribution in [2.75, 3.05) is 19.5 Å². The molecular formula is C7H14O4S. The quantitative estimate of drug-likeness (QED) is 0.619. The second-order valence-electron chi connectivity index (χ2n) is 2.58. The molecule has 0 saturated carbocycles. The number of carbonyl (C=O) groups is 1. The first-order valence-corrected chi connectivity index (χ1v) is 5.64. The number of carbonyl (C=O) groups excluding carboxylic acids is 1. The fourth-order valence-corrected chi connectivity index (χ4v) is 1.10. The molecule has 5 heteroatoms. The lowest BCUT2D eigenvalue weighted by Gasteiger charge is -2.07. The summed E-state index contributed by atoms with van der Waals surface area (Å²) < 4.78 is 26.5. The van der Waals surface area contributed by atoms with Gasteiger partial charge < -0.3 is 4.74 Å². The summed E-state index contributed by atoms with van der Waals surface area (Å²) in [5.74, 6) is -0.389. The number of ether oxygens (including phenoxy) is 1. The molecule has 0 aliphatic heterocycles. The number of hydrogen-bond acceptors (Lipinski definition) is 4. The molecule has 0 aromatic heterocycles. The zero-order chi connectivity index (χ0) is 9.78. The Balaban J connectivity index is 4.12. The second-order valence-corrected chi connectivity index (χ2v) is 4.94. The van der Waals surface area contributed by atoms with Crippen LogP contribution in [-0.4, -0.2) is 38.9 Å². The Hall–Kier alpha value is -0.420. The molecule has 0 fully saturated rings. The highest BCUT2D eigenvalue weighted by Gasteiger charge is 2.22. The lowest BCUT2D eigenvalue weighted by Crippen LogP contribution is -2.29. The van der Waals surface area contributed by atoms with E-state index in [0.717, 1.165) is 6.26 Å². The number of ketones is 1. The molecule has 1 unspecified atom stereocenters. The van der Waals surface area contributed by atoms with Gasteiger partial charge in [-0.1, -0.05) is 0 Å². The Morgan fingerprint density at radius 2 is 2.00 bits per heavy atom. The van der Waals surface area contributed by atoms with Gasteiger partial charge in [0, 0.05) is 12.9 Å². The van der Waals surface area contributed by atoms with Crippen LogP contribution < -0.4 is 0 Å². The van der Waals surface area contributed by atoms with E-state index in [-0.39, 0.29) is 12.4 Å². The summed E-state index contributed by atoms with van der Waals surface area (Å²) in [6, 6.07) is 0. The van der Waals surface area contributed by atoms with Gasteiger partial charge in [0.15, 0.2) is 15.6 Å². The van der Waals surface area contributed by atoms with Crippen molar-refractivity contribution in [3.63, 3.8) is 0 Å². The number of Topliss-reactive ketones (excluding diaryl/α,β-unsaturated/α-hetero) is 1. The maximum Gasteiger partial charge on any atom is 0.176 e. The number of hydrogen-bond donors (Lipinski definition) is 0. The van der Waals surface area contributed by atoms with Crippen LogP contribution in [0.4, 0.5) is 0 Å². The molecule has 0 saturated heterocycles. The molecule has 0 aromatic carbocycles.